The number of rotatable bonds is 3. The summed E-state index contributed by atoms with van der Waals surface area (Å²) in [7, 11) is 0. The molecule has 0 radical (unpaired) electrons. The molecule has 0 heterocycles. The fourth-order valence-corrected chi connectivity index (χ4v) is 2.54. The Labute approximate surface area is 102 Å². The first-order valence-corrected chi connectivity index (χ1v) is 6.09. The van der Waals surface area contributed by atoms with Crippen LogP contribution in [0.2, 0.25) is 0 Å². The van der Waals surface area contributed by atoms with E-state index in [1.807, 2.05) is 18.2 Å². The van der Waals surface area contributed by atoms with E-state index in [-0.39, 0.29) is 5.41 Å². The third-order valence-electron chi connectivity index (χ3n) is 3.55. The summed E-state index contributed by atoms with van der Waals surface area (Å²) < 4.78 is 0. The molecule has 0 saturated carbocycles. The van der Waals surface area contributed by atoms with Gasteiger partial charge in [0.05, 0.1) is 0 Å². The van der Waals surface area contributed by atoms with Crippen LogP contribution in [0, 0.1) is 0 Å². The monoisotopic (exact) mass is 229 g/mol. The van der Waals surface area contributed by atoms with Crippen molar-refractivity contribution in [3.63, 3.8) is 0 Å². The second-order valence-corrected chi connectivity index (χ2v) is 4.51. The van der Waals surface area contributed by atoms with E-state index in [4.69, 9.17) is 5.73 Å². The van der Waals surface area contributed by atoms with Crippen LogP contribution in [0.3, 0.4) is 0 Å². The number of hydrogen-bond donors (Lipinski definition) is 2. The lowest BCUT2D eigenvalue weighted by atomic mass is 9.73. The maximum Gasteiger partial charge on any atom is 0.119 e. The van der Waals surface area contributed by atoms with Crippen molar-refractivity contribution < 1.29 is 5.11 Å². The Morgan fingerprint density at radius 3 is 2.76 bits per heavy atom. The minimum Gasteiger partial charge on any atom is -0.508 e. The SMILES string of the molecule is CCc1c(O)cccc1C1(CN)C=CC=CC1. The molecule has 0 aliphatic heterocycles. The highest BCUT2D eigenvalue weighted by Gasteiger charge is 2.30. The number of benzene rings is 1. The molecule has 1 aromatic rings. The van der Waals surface area contributed by atoms with Crippen molar-refractivity contribution in [2.75, 3.05) is 6.54 Å². The zero-order valence-corrected chi connectivity index (χ0v) is 10.2. The smallest absolute Gasteiger partial charge is 0.119 e. The molecule has 1 aromatic carbocycles. The van der Waals surface area contributed by atoms with Crippen LogP contribution in [-0.2, 0) is 11.8 Å². The Balaban J connectivity index is 2.55. The van der Waals surface area contributed by atoms with Gasteiger partial charge in [-0.05, 0) is 30.0 Å². The van der Waals surface area contributed by atoms with Crippen molar-refractivity contribution in [3.8, 4) is 5.75 Å². The number of phenols is 1. The molecule has 1 atom stereocenters. The molecule has 17 heavy (non-hydrogen) atoms. The van der Waals surface area contributed by atoms with Crippen LogP contribution in [0.25, 0.3) is 0 Å². The molecule has 1 aliphatic carbocycles. The Morgan fingerprint density at radius 2 is 2.18 bits per heavy atom. The van der Waals surface area contributed by atoms with Crippen molar-refractivity contribution in [2.45, 2.75) is 25.2 Å². The van der Waals surface area contributed by atoms with Crippen molar-refractivity contribution in [1.29, 1.82) is 0 Å². The van der Waals surface area contributed by atoms with Gasteiger partial charge in [-0.25, -0.2) is 0 Å². The van der Waals surface area contributed by atoms with Crippen LogP contribution >= 0.6 is 0 Å². The van der Waals surface area contributed by atoms with Crippen LogP contribution < -0.4 is 5.73 Å². The van der Waals surface area contributed by atoms with Gasteiger partial charge in [-0.2, -0.15) is 0 Å². The van der Waals surface area contributed by atoms with Crippen LogP contribution in [0.1, 0.15) is 24.5 Å². The van der Waals surface area contributed by atoms with E-state index >= 15 is 0 Å². The zero-order chi connectivity index (χ0) is 12.3. The number of phenolic OH excluding ortho intramolecular Hbond substituents is 1. The van der Waals surface area contributed by atoms with Crippen molar-refractivity contribution >= 4 is 0 Å². The Hall–Kier alpha value is -1.54. The molecular weight excluding hydrogens is 210 g/mol. The molecule has 0 spiro atoms. The highest BCUT2D eigenvalue weighted by Crippen LogP contribution is 2.37. The highest BCUT2D eigenvalue weighted by molar-refractivity contribution is 5.47. The number of hydrogen-bond acceptors (Lipinski definition) is 2. The van der Waals surface area contributed by atoms with Gasteiger partial charge in [0.2, 0.25) is 0 Å². The van der Waals surface area contributed by atoms with E-state index in [1.54, 1.807) is 6.07 Å². The Kier molecular flexibility index (Phi) is 3.34. The molecule has 0 saturated heterocycles. The van der Waals surface area contributed by atoms with Gasteiger partial charge in [-0.15, -0.1) is 0 Å². The third-order valence-corrected chi connectivity index (χ3v) is 3.55. The minimum absolute atomic E-state index is 0.154. The number of aromatic hydroxyl groups is 1. The lowest BCUT2D eigenvalue weighted by Crippen LogP contribution is -2.34. The van der Waals surface area contributed by atoms with Gasteiger partial charge in [-0.3, -0.25) is 0 Å². The average Bonchev–Trinajstić information content (AvgIpc) is 2.39. The third kappa shape index (κ3) is 2.01. The van der Waals surface area contributed by atoms with E-state index in [0.29, 0.717) is 12.3 Å². The molecule has 0 bridgehead atoms. The van der Waals surface area contributed by atoms with Gasteiger partial charge in [0.1, 0.15) is 5.75 Å². The fourth-order valence-electron chi connectivity index (χ4n) is 2.54. The van der Waals surface area contributed by atoms with E-state index < -0.39 is 0 Å². The summed E-state index contributed by atoms with van der Waals surface area (Å²) in [5.41, 5.74) is 7.99. The lowest BCUT2D eigenvalue weighted by molar-refractivity contribution is 0.461. The van der Waals surface area contributed by atoms with Gasteiger partial charge >= 0.3 is 0 Å². The Morgan fingerprint density at radius 1 is 1.35 bits per heavy atom. The molecule has 2 heteroatoms. The van der Waals surface area contributed by atoms with Crippen molar-refractivity contribution in [1.82, 2.24) is 0 Å². The first-order chi connectivity index (χ1) is 8.23. The normalized spacial score (nSPS) is 22.9. The fraction of sp³-hybridized carbons (Fsp3) is 0.333. The summed E-state index contributed by atoms with van der Waals surface area (Å²) in [6.07, 6.45) is 10.1. The number of nitrogens with two attached hydrogens (primary N) is 1. The molecule has 3 N–H and O–H groups in total. The molecule has 2 nitrogen and oxygen atoms in total. The van der Waals surface area contributed by atoms with Gasteiger partial charge in [0.25, 0.3) is 0 Å². The van der Waals surface area contributed by atoms with E-state index in [9.17, 15) is 5.11 Å². The molecular formula is C15H19NO. The molecule has 90 valence electrons. The summed E-state index contributed by atoms with van der Waals surface area (Å²) in [4.78, 5) is 0. The largest absolute Gasteiger partial charge is 0.508 e. The van der Waals surface area contributed by atoms with Crippen LogP contribution in [0.15, 0.2) is 42.5 Å². The highest BCUT2D eigenvalue weighted by atomic mass is 16.3. The quantitative estimate of drug-likeness (QED) is 0.837. The summed E-state index contributed by atoms with van der Waals surface area (Å²) in [6, 6.07) is 5.72. The standard InChI is InChI=1S/C15H19NO/c1-2-12-13(7-6-8-14(12)17)15(11-16)9-4-3-5-10-15/h3-9,17H,2,10-11,16H2,1H3. The minimum atomic E-state index is -0.154. The first kappa shape index (κ1) is 11.9. The van der Waals surface area contributed by atoms with Crippen LogP contribution in [0.4, 0.5) is 0 Å². The van der Waals surface area contributed by atoms with Crippen LogP contribution in [0.5, 0.6) is 5.75 Å². The topological polar surface area (TPSA) is 46.2 Å². The summed E-state index contributed by atoms with van der Waals surface area (Å²) in [6.45, 7) is 2.62. The average molecular weight is 229 g/mol. The summed E-state index contributed by atoms with van der Waals surface area (Å²) in [5.74, 6) is 0.376. The maximum absolute atomic E-state index is 9.95. The zero-order valence-electron chi connectivity index (χ0n) is 10.2. The maximum atomic E-state index is 9.95. The molecule has 0 aromatic heterocycles. The molecule has 1 aliphatic rings. The number of allylic oxidation sites excluding steroid dienone is 3. The first-order valence-electron chi connectivity index (χ1n) is 6.09. The van der Waals surface area contributed by atoms with E-state index in [2.05, 4.69) is 25.1 Å². The molecule has 0 fully saturated rings. The summed E-state index contributed by atoms with van der Waals surface area (Å²) >= 11 is 0. The molecule has 0 amide bonds. The van der Waals surface area contributed by atoms with Gasteiger partial charge < -0.3 is 10.8 Å². The predicted octanol–water partition coefficient (Wildman–Crippen LogP) is 2.67. The van der Waals surface area contributed by atoms with Gasteiger partial charge in [0, 0.05) is 12.0 Å². The van der Waals surface area contributed by atoms with Crippen molar-refractivity contribution in [2.24, 2.45) is 5.73 Å². The van der Waals surface area contributed by atoms with Gasteiger partial charge in [0.15, 0.2) is 0 Å². The van der Waals surface area contributed by atoms with E-state index in [1.165, 1.54) is 0 Å². The second-order valence-electron chi connectivity index (χ2n) is 4.51. The van der Waals surface area contributed by atoms with Gasteiger partial charge in [-0.1, -0.05) is 43.4 Å². The summed E-state index contributed by atoms with van der Waals surface area (Å²) in [5, 5.41) is 9.95. The Bertz CT molecular complexity index is 462. The molecule has 2 rings (SSSR count). The van der Waals surface area contributed by atoms with Crippen molar-refractivity contribution in [3.05, 3.63) is 53.6 Å². The second kappa shape index (κ2) is 4.76. The molecule has 1 unspecified atom stereocenters. The van der Waals surface area contributed by atoms with Crippen LogP contribution in [-0.4, -0.2) is 11.7 Å². The lowest BCUT2D eigenvalue weighted by Gasteiger charge is -2.32. The van der Waals surface area contributed by atoms with E-state index in [0.717, 1.165) is 24.0 Å². The predicted molar refractivity (Wildman–Crippen MR) is 71.1 cm³/mol.